The molecule has 2 N–H and O–H groups in total. The third kappa shape index (κ3) is 2.65. The summed E-state index contributed by atoms with van der Waals surface area (Å²) in [5, 5.41) is 9.47. The van der Waals surface area contributed by atoms with E-state index in [9.17, 15) is 9.59 Å². The van der Waals surface area contributed by atoms with Gasteiger partial charge in [0.1, 0.15) is 6.04 Å². The standard InChI is InChI=1S/C15H16N4O2/c1-10-15(21)17-13-5-3-2-4-11(13)9-19(10)14(20)8-12-6-7-16-18-12/h2-7,10H,8-9H2,1H3,(H,16,18)(H,17,21). The maximum absolute atomic E-state index is 12.5. The normalized spacial score (nSPS) is 17.9. The molecule has 0 radical (unpaired) electrons. The van der Waals surface area contributed by atoms with Crippen molar-refractivity contribution in [3.05, 3.63) is 47.8 Å². The average Bonchev–Trinajstić information content (AvgIpc) is 2.93. The van der Waals surface area contributed by atoms with Gasteiger partial charge in [-0.05, 0) is 24.6 Å². The molecule has 1 atom stereocenters. The number of anilines is 1. The third-order valence-corrected chi connectivity index (χ3v) is 3.68. The number of hydrogen-bond donors (Lipinski definition) is 2. The Morgan fingerprint density at radius 2 is 2.19 bits per heavy atom. The molecular formula is C15H16N4O2. The lowest BCUT2D eigenvalue weighted by Gasteiger charge is -2.25. The van der Waals surface area contributed by atoms with Gasteiger partial charge in [0.25, 0.3) is 0 Å². The van der Waals surface area contributed by atoms with Crippen molar-refractivity contribution < 1.29 is 9.59 Å². The Morgan fingerprint density at radius 1 is 1.38 bits per heavy atom. The fraction of sp³-hybridized carbons (Fsp3) is 0.267. The van der Waals surface area contributed by atoms with Gasteiger partial charge < -0.3 is 10.2 Å². The van der Waals surface area contributed by atoms with Crippen LogP contribution in [0, 0.1) is 0 Å². The first-order valence-corrected chi connectivity index (χ1v) is 6.81. The van der Waals surface area contributed by atoms with Gasteiger partial charge in [-0.25, -0.2) is 0 Å². The molecule has 0 spiro atoms. The number of H-pyrrole nitrogens is 1. The molecule has 2 heterocycles. The van der Waals surface area contributed by atoms with E-state index in [1.54, 1.807) is 24.1 Å². The fourth-order valence-electron chi connectivity index (χ4n) is 2.43. The molecule has 1 aliphatic rings. The molecule has 21 heavy (non-hydrogen) atoms. The molecule has 6 heteroatoms. The van der Waals surface area contributed by atoms with E-state index < -0.39 is 6.04 Å². The predicted octanol–water partition coefficient (Wildman–Crippen LogP) is 1.32. The summed E-state index contributed by atoms with van der Waals surface area (Å²) in [6, 6.07) is 8.79. The van der Waals surface area contributed by atoms with Crippen LogP contribution in [0.5, 0.6) is 0 Å². The van der Waals surface area contributed by atoms with Gasteiger partial charge in [-0.1, -0.05) is 18.2 Å². The number of para-hydroxylation sites is 1. The second-order valence-corrected chi connectivity index (χ2v) is 5.10. The summed E-state index contributed by atoms with van der Waals surface area (Å²) in [4.78, 5) is 26.3. The summed E-state index contributed by atoms with van der Waals surface area (Å²) >= 11 is 0. The van der Waals surface area contributed by atoms with Crippen molar-refractivity contribution in [1.82, 2.24) is 15.1 Å². The number of carbonyl (C=O) groups is 2. The van der Waals surface area contributed by atoms with Gasteiger partial charge in [-0.15, -0.1) is 0 Å². The van der Waals surface area contributed by atoms with Gasteiger partial charge in [0.05, 0.1) is 6.42 Å². The molecule has 1 unspecified atom stereocenters. The third-order valence-electron chi connectivity index (χ3n) is 3.68. The number of nitrogens with one attached hydrogen (secondary N) is 2. The lowest BCUT2D eigenvalue weighted by atomic mass is 10.1. The molecule has 2 aromatic rings. The minimum atomic E-state index is -0.507. The van der Waals surface area contributed by atoms with Crippen LogP contribution in [0.15, 0.2) is 36.5 Å². The number of carbonyl (C=O) groups excluding carboxylic acids is 2. The Labute approximate surface area is 122 Å². The number of fused-ring (bicyclic) bond motifs is 1. The van der Waals surface area contributed by atoms with Crippen LogP contribution >= 0.6 is 0 Å². The van der Waals surface area contributed by atoms with Crippen LogP contribution in [0.1, 0.15) is 18.2 Å². The minimum absolute atomic E-state index is 0.0985. The number of rotatable bonds is 2. The van der Waals surface area contributed by atoms with Crippen LogP contribution in [0.25, 0.3) is 0 Å². The second-order valence-electron chi connectivity index (χ2n) is 5.10. The highest BCUT2D eigenvalue weighted by molar-refractivity contribution is 5.98. The molecular weight excluding hydrogens is 268 g/mol. The Balaban J connectivity index is 1.86. The second kappa shape index (κ2) is 5.40. The molecule has 0 fully saturated rings. The lowest BCUT2D eigenvalue weighted by Crippen LogP contribution is -2.44. The van der Waals surface area contributed by atoms with E-state index in [0.717, 1.165) is 16.9 Å². The molecule has 0 saturated carbocycles. The summed E-state index contributed by atoms with van der Waals surface area (Å²) in [5.41, 5.74) is 2.45. The summed E-state index contributed by atoms with van der Waals surface area (Å²) in [6.07, 6.45) is 1.82. The highest BCUT2D eigenvalue weighted by Gasteiger charge is 2.30. The summed E-state index contributed by atoms with van der Waals surface area (Å²) < 4.78 is 0. The van der Waals surface area contributed by atoms with Crippen LogP contribution < -0.4 is 5.32 Å². The molecule has 1 aromatic heterocycles. The van der Waals surface area contributed by atoms with Gasteiger partial charge in [0.2, 0.25) is 11.8 Å². The van der Waals surface area contributed by atoms with Gasteiger partial charge in [0, 0.05) is 24.1 Å². The number of nitrogens with zero attached hydrogens (tertiary/aromatic N) is 2. The fourth-order valence-corrected chi connectivity index (χ4v) is 2.43. The number of aromatic nitrogens is 2. The summed E-state index contributed by atoms with van der Waals surface area (Å²) in [6.45, 7) is 2.16. The Morgan fingerprint density at radius 3 is 2.95 bits per heavy atom. The van der Waals surface area contributed by atoms with E-state index in [-0.39, 0.29) is 18.2 Å². The summed E-state index contributed by atoms with van der Waals surface area (Å²) in [5.74, 6) is -0.267. The topological polar surface area (TPSA) is 78.1 Å². The molecule has 1 aliphatic heterocycles. The van der Waals surface area contributed by atoms with Gasteiger partial charge in [0.15, 0.2) is 0 Å². The number of hydrogen-bond acceptors (Lipinski definition) is 3. The van der Waals surface area contributed by atoms with Crippen molar-refractivity contribution in [2.75, 3.05) is 5.32 Å². The zero-order chi connectivity index (χ0) is 14.8. The smallest absolute Gasteiger partial charge is 0.246 e. The van der Waals surface area contributed by atoms with Crippen LogP contribution in [-0.2, 0) is 22.6 Å². The van der Waals surface area contributed by atoms with Gasteiger partial charge in [-0.3, -0.25) is 14.7 Å². The minimum Gasteiger partial charge on any atom is -0.326 e. The van der Waals surface area contributed by atoms with Crippen molar-refractivity contribution in [1.29, 1.82) is 0 Å². The van der Waals surface area contributed by atoms with E-state index in [1.165, 1.54) is 0 Å². The molecule has 2 amide bonds. The van der Waals surface area contributed by atoms with E-state index in [2.05, 4.69) is 15.5 Å². The van der Waals surface area contributed by atoms with Crippen LogP contribution in [0.2, 0.25) is 0 Å². The summed E-state index contributed by atoms with van der Waals surface area (Å²) in [7, 11) is 0. The maximum Gasteiger partial charge on any atom is 0.246 e. The quantitative estimate of drug-likeness (QED) is 0.873. The number of benzene rings is 1. The molecule has 0 aliphatic carbocycles. The zero-order valence-electron chi connectivity index (χ0n) is 11.7. The van der Waals surface area contributed by atoms with Crippen molar-refractivity contribution in [3.8, 4) is 0 Å². The largest absolute Gasteiger partial charge is 0.326 e. The molecule has 6 nitrogen and oxygen atoms in total. The monoisotopic (exact) mass is 284 g/mol. The van der Waals surface area contributed by atoms with E-state index >= 15 is 0 Å². The van der Waals surface area contributed by atoms with Crippen molar-refractivity contribution >= 4 is 17.5 Å². The van der Waals surface area contributed by atoms with Crippen molar-refractivity contribution in [2.45, 2.75) is 25.9 Å². The lowest BCUT2D eigenvalue weighted by molar-refractivity contribution is -0.138. The van der Waals surface area contributed by atoms with Crippen molar-refractivity contribution in [2.24, 2.45) is 0 Å². The first kappa shape index (κ1) is 13.4. The SMILES string of the molecule is CC1C(=O)Nc2ccccc2CN1C(=O)Cc1ccn[nH]1. The molecule has 1 aromatic carbocycles. The Hall–Kier alpha value is -2.63. The number of aromatic amines is 1. The maximum atomic E-state index is 12.5. The predicted molar refractivity (Wildman–Crippen MR) is 77.4 cm³/mol. The van der Waals surface area contributed by atoms with Crippen LogP contribution in [0.4, 0.5) is 5.69 Å². The van der Waals surface area contributed by atoms with E-state index in [4.69, 9.17) is 0 Å². The highest BCUT2D eigenvalue weighted by atomic mass is 16.2. The molecule has 0 saturated heterocycles. The Bertz CT molecular complexity index is 666. The molecule has 108 valence electrons. The zero-order valence-corrected chi connectivity index (χ0v) is 11.7. The Kier molecular flexibility index (Phi) is 3.43. The van der Waals surface area contributed by atoms with E-state index in [1.807, 2.05) is 24.3 Å². The van der Waals surface area contributed by atoms with Crippen LogP contribution in [0.3, 0.4) is 0 Å². The van der Waals surface area contributed by atoms with Crippen LogP contribution in [-0.4, -0.2) is 33.0 Å². The van der Waals surface area contributed by atoms with Crippen molar-refractivity contribution in [3.63, 3.8) is 0 Å². The first-order chi connectivity index (χ1) is 10.1. The van der Waals surface area contributed by atoms with Gasteiger partial charge >= 0.3 is 0 Å². The highest BCUT2D eigenvalue weighted by Crippen LogP contribution is 2.23. The first-order valence-electron chi connectivity index (χ1n) is 6.81. The number of amides is 2. The average molecular weight is 284 g/mol. The van der Waals surface area contributed by atoms with E-state index in [0.29, 0.717) is 6.54 Å². The molecule has 0 bridgehead atoms. The molecule has 3 rings (SSSR count). The van der Waals surface area contributed by atoms with Gasteiger partial charge in [-0.2, -0.15) is 5.10 Å².